The highest BCUT2D eigenvalue weighted by Gasteiger charge is 2.04. The maximum atomic E-state index is 9.45. The van der Waals surface area contributed by atoms with Crippen molar-refractivity contribution in [3.05, 3.63) is 12.2 Å². The Bertz CT molecular complexity index is 130. The first-order chi connectivity index (χ1) is 6.16. The summed E-state index contributed by atoms with van der Waals surface area (Å²) >= 11 is 0. The molecule has 2 heteroatoms. The topological polar surface area (TPSA) is 40.5 Å². The fourth-order valence-corrected chi connectivity index (χ4v) is 1.15. The molecular weight excluding hydrogens is 164 g/mol. The van der Waals surface area contributed by atoms with Crippen molar-refractivity contribution in [1.82, 2.24) is 0 Å². The van der Waals surface area contributed by atoms with Gasteiger partial charge in [0.05, 0.1) is 12.2 Å². The second-order valence-electron chi connectivity index (χ2n) is 3.54. The lowest BCUT2D eigenvalue weighted by Crippen LogP contribution is -2.10. The van der Waals surface area contributed by atoms with E-state index in [0.717, 1.165) is 19.3 Å². The molecular formula is C11H22O2. The van der Waals surface area contributed by atoms with Gasteiger partial charge in [0.2, 0.25) is 0 Å². The van der Waals surface area contributed by atoms with E-state index in [2.05, 4.69) is 19.1 Å². The summed E-state index contributed by atoms with van der Waals surface area (Å²) in [6.07, 6.45) is 7.88. The maximum absolute atomic E-state index is 9.45. The van der Waals surface area contributed by atoms with Crippen molar-refractivity contribution in [3.8, 4) is 0 Å². The molecule has 0 heterocycles. The summed E-state index contributed by atoms with van der Waals surface area (Å²) in [6, 6.07) is 0. The molecule has 0 aliphatic rings. The highest BCUT2D eigenvalue weighted by Crippen LogP contribution is 2.07. The third-order valence-electron chi connectivity index (χ3n) is 1.99. The van der Waals surface area contributed by atoms with Crippen LogP contribution in [0, 0.1) is 0 Å². The van der Waals surface area contributed by atoms with Crippen LogP contribution in [-0.4, -0.2) is 22.4 Å². The zero-order chi connectivity index (χ0) is 10.1. The van der Waals surface area contributed by atoms with Crippen LogP contribution in [0.4, 0.5) is 0 Å². The standard InChI is InChI=1S/C11H22O2/c1-3-4-5-6-7-11(13)9-8-10(2)12/h4-5,10-13H,3,6-9H2,1-2H3/b5-4+. The van der Waals surface area contributed by atoms with Gasteiger partial charge in [0, 0.05) is 0 Å². The van der Waals surface area contributed by atoms with Crippen LogP contribution in [-0.2, 0) is 0 Å². The molecule has 0 aliphatic carbocycles. The molecule has 0 aromatic heterocycles. The van der Waals surface area contributed by atoms with E-state index in [1.165, 1.54) is 0 Å². The largest absolute Gasteiger partial charge is 0.393 e. The summed E-state index contributed by atoms with van der Waals surface area (Å²) in [5, 5.41) is 18.4. The average Bonchev–Trinajstić information content (AvgIpc) is 2.09. The Morgan fingerprint density at radius 3 is 2.31 bits per heavy atom. The van der Waals surface area contributed by atoms with E-state index in [9.17, 15) is 5.11 Å². The molecule has 0 saturated heterocycles. The first-order valence-electron chi connectivity index (χ1n) is 5.18. The fourth-order valence-electron chi connectivity index (χ4n) is 1.15. The van der Waals surface area contributed by atoms with Crippen LogP contribution < -0.4 is 0 Å². The van der Waals surface area contributed by atoms with E-state index >= 15 is 0 Å². The van der Waals surface area contributed by atoms with Gasteiger partial charge in [0.25, 0.3) is 0 Å². The van der Waals surface area contributed by atoms with Gasteiger partial charge in [0.15, 0.2) is 0 Å². The molecule has 0 radical (unpaired) electrons. The lowest BCUT2D eigenvalue weighted by Gasteiger charge is -2.09. The van der Waals surface area contributed by atoms with Crippen LogP contribution in [0.3, 0.4) is 0 Å². The lowest BCUT2D eigenvalue weighted by atomic mass is 10.1. The molecule has 0 amide bonds. The molecule has 0 aromatic carbocycles. The Kier molecular flexibility index (Phi) is 8.05. The van der Waals surface area contributed by atoms with E-state index in [0.29, 0.717) is 12.8 Å². The molecule has 78 valence electrons. The van der Waals surface area contributed by atoms with Gasteiger partial charge in [-0.2, -0.15) is 0 Å². The van der Waals surface area contributed by atoms with Gasteiger partial charge in [-0.3, -0.25) is 0 Å². The van der Waals surface area contributed by atoms with E-state index in [4.69, 9.17) is 5.11 Å². The predicted molar refractivity (Wildman–Crippen MR) is 55.6 cm³/mol. The summed E-state index contributed by atoms with van der Waals surface area (Å²) in [4.78, 5) is 0. The normalized spacial score (nSPS) is 16.3. The molecule has 0 bridgehead atoms. The van der Waals surface area contributed by atoms with Gasteiger partial charge in [-0.25, -0.2) is 0 Å². The van der Waals surface area contributed by atoms with Gasteiger partial charge in [0.1, 0.15) is 0 Å². The Balaban J connectivity index is 3.29. The van der Waals surface area contributed by atoms with Crippen LogP contribution in [0.2, 0.25) is 0 Å². The molecule has 2 unspecified atom stereocenters. The molecule has 0 spiro atoms. The number of rotatable bonds is 7. The van der Waals surface area contributed by atoms with Crippen LogP contribution in [0.5, 0.6) is 0 Å². The van der Waals surface area contributed by atoms with Crippen molar-refractivity contribution in [2.24, 2.45) is 0 Å². The van der Waals surface area contributed by atoms with Crippen molar-refractivity contribution >= 4 is 0 Å². The molecule has 0 aromatic rings. The van der Waals surface area contributed by atoms with Crippen LogP contribution in [0.1, 0.15) is 46.0 Å². The number of hydrogen-bond acceptors (Lipinski definition) is 2. The van der Waals surface area contributed by atoms with Gasteiger partial charge in [-0.15, -0.1) is 0 Å². The van der Waals surface area contributed by atoms with Crippen LogP contribution >= 0.6 is 0 Å². The summed E-state index contributed by atoms with van der Waals surface area (Å²) < 4.78 is 0. The second-order valence-corrected chi connectivity index (χ2v) is 3.54. The smallest absolute Gasteiger partial charge is 0.0544 e. The Morgan fingerprint density at radius 1 is 1.08 bits per heavy atom. The van der Waals surface area contributed by atoms with E-state index in [1.54, 1.807) is 6.92 Å². The third kappa shape index (κ3) is 9.57. The molecule has 2 nitrogen and oxygen atoms in total. The number of aliphatic hydroxyl groups is 2. The van der Waals surface area contributed by atoms with Gasteiger partial charge < -0.3 is 10.2 Å². The summed E-state index contributed by atoms with van der Waals surface area (Å²) in [7, 11) is 0. The second kappa shape index (κ2) is 8.27. The van der Waals surface area contributed by atoms with Gasteiger partial charge in [-0.1, -0.05) is 19.1 Å². The molecule has 2 N–H and O–H groups in total. The molecule has 0 saturated carbocycles. The SMILES string of the molecule is CC/C=C/CCC(O)CCC(C)O. The Hall–Kier alpha value is -0.340. The number of allylic oxidation sites excluding steroid dienone is 2. The van der Waals surface area contributed by atoms with Crippen molar-refractivity contribution in [2.45, 2.75) is 58.2 Å². The molecule has 0 aliphatic heterocycles. The minimum absolute atomic E-state index is 0.254. The van der Waals surface area contributed by atoms with Gasteiger partial charge in [-0.05, 0) is 39.0 Å². The Labute approximate surface area is 81.3 Å². The van der Waals surface area contributed by atoms with Gasteiger partial charge >= 0.3 is 0 Å². The molecule has 13 heavy (non-hydrogen) atoms. The monoisotopic (exact) mass is 186 g/mol. The lowest BCUT2D eigenvalue weighted by molar-refractivity contribution is 0.117. The van der Waals surface area contributed by atoms with E-state index < -0.39 is 0 Å². The molecule has 0 rings (SSSR count). The molecule has 2 atom stereocenters. The van der Waals surface area contributed by atoms with Crippen LogP contribution in [0.25, 0.3) is 0 Å². The summed E-state index contributed by atoms with van der Waals surface area (Å²) in [5.41, 5.74) is 0. The van der Waals surface area contributed by atoms with Crippen LogP contribution in [0.15, 0.2) is 12.2 Å². The van der Waals surface area contributed by atoms with Crippen molar-refractivity contribution < 1.29 is 10.2 Å². The minimum atomic E-state index is -0.291. The average molecular weight is 186 g/mol. The van der Waals surface area contributed by atoms with E-state index in [1.807, 2.05) is 0 Å². The van der Waals surface area contributed by atoms with Crippen molar-refractivity contribution in [2.75, 3.05) is 0 Å². The fraction of sp³-hybridized carbons (Fsp3) is 0.818. The minimum Gasteiger partial charge on any atom is -0.393 e. The zero-order valence-electron chi connectivity index (χ0n) is 8.74. The molecule has 0 fully saturated rings. The maximum Gasteiger partial charge on any atom is 0.0544 e. The van der Waals surface area contributed by atoms with E-state index in [-0.39, 0.29) is 12.2 Å². The third-order valence-corrected chi connectivity index (χ3v) is 1.99. The highest BCUT2D eigenvalue weighted by molar-refractivity contribution is 4.80. The highest BCUT2D eigenvalue weighted by atomic mass is 16.3. The Morgan fingerprint density at radius 2 is 1.77 bits per heavy atom. The first-order valence-corrected chi connectivity index (χ1v) is 5.18. The quantitative estimate of drug-likeness (QED) is 0.599. The van der Waals surface area contributed by atoms with Crippen molar-refractivity contribution in [3.63, 3.8) is 0 Å². The summed E-state index contributed by atoms with van der Waals surface area (Å²) in [6.45, 7) is 3.85. The summed E-state index contributed by atoms with van der Waals surface area (Å²) in [5.74, 6) is 0. The zero-order valence-corrected chi connectivity index (χ0v) is 8.74. The van der Waals surface area contributed by atoms with Crippen molar-refractivity contribution in [1.29, 1.82) is 0 Å². The number of aliphatic hydroxyl groups excluding tert-OH is 2. The predicted octanol–water partition coefficient (Wildman–Crippen LogP) is 2.25. The number of hydrogen-bond donors (Lipinski definition) is 2. The first kappa shape index (κ1) is 12.7.